The quantitative estimate of drug-likeness (QED) is 0.327. The van der Waals surface area contributed by atoms with E-state index in [0.29, 0.717) is 32.1 Å². The van der Waals surface area contributed by atoms with Crippen molar-refractivity contribution in [1.82, 2.24) is 15.0 Å². The molecule has 2 saturated heterocycles. The van der Waals surface area contributed by atoms with E-state index >= 15 is 0 Å². The molecule has 10 nitrogen and oxygen atoms in total. The number of alkyl halides is 3. The van der Waals surface area contributed by atoms with Gasteiger partial charge in [-0.05, 0) is 49.8 Å². The maximum atomic E-state index is 13.9. The number of aliphatic imine (C=N–C) groups is 1. The van der Waals surface area contributed by atoms with Gasteiger partial charge in [-0.3, -0.25) is 4.79 Å². The standard InChI is InChI=1S/C28H36F3N5O5/c29-28(30,31)21-15-19(8-9-23(21)39-14-10-18-5-2-1-3-6-18)25-34-26(41-35-25)22-7-4-12-36(22)27(32)33-24(37)17-40-20-11-13-38-16-20/h8-9,15,18,20,22H,1-7,10-14,16-17H2,(H2,32,33,37)/t20-,22-/m0/s1. The van der Waals surface area contributed by atoms with Crippen molar-refractivity contribution in [1.29, 1.82) is 0 Å². The van der Waals surface area contributed by atoms with Crippen LogP contribution >= 0.6 is 0 Å². The van der Waals surface area contributed by atoms with Crippen molar-refractivity contribution in [2.75, 3.05) is 33.0 Å². The van der Waals surface area contributed by atoms with Crippen molar-refractivity contribution >= 4 is 11.9 Å². The molecule has 5 rings (SSSR count). The van der Waals surface area contributed by atoms with Crippen molar-refractivity contribution in [2.24, 2.45) is 16.6 Å². The molecule has 0 bridgehead atoms. The molecule has 1 aromatic carbocycles. The van der Waals surface area contributed by atoms with Gasteiger partial charge < -0.3 is 29.4 Å². The van der Waals surface area contributed by atoms with Crippen molar-refractivity contribution in [3.05, 3.63) is 29.7 Å². The van der Waals surface area contributed by atoms with Crippen molar-refractivity contribution in [3.63, 3.8) is 0 Å². The van der Waals surface area contributed by atoms with E-state index in [0.717, 1.165) is 38.2 Å². The van der Waals surface area contributed by atoms with Crippen molar-refractivity contribution in [2.45, 2.75) is 76.1 Å². The summed E-state index contributed by atoms with van der Waals surface area (Å²) in [7, 11) is 0. The first-order valence-electron chi connectivity index (χ1n) is 14.3. The van der Waals surface area contributed by atoms with Crippen LogP contribution in [0.5, 0.6) is 5.75 Å². The third kappa shape index (κ3) is 7.56. The van der Waals surface area contributed by atoms with Gasteiger partial charge >= 0.3 is 6.18 Å². The lowest BCUT2D eigenvalue weighted by molar-refractivity contribution is -0.139. The maximum absolute atomic E-state index is 13.9. The minimum absolute atomic E-state index is 0.00221. The Hall–Kier alpha value is -3.19. The number of nitrogens with two attached hydrogens (primary N) is 1. The molecule has 1 saturated carbocycles. The topological polar surface area (TPSA) is 125 Å². The first kappa shape index (κ1) is 29.3. The van der Waals surface area contributed by atoms with Crippen LogP contribution in [0.25, 0.3) is 11.4 Å². The summed E-state index contributed by atoms with van der Waals surface area (Å²) in [5, 5.41) is 3.94. The van der Waals surface area contributed by atoms with Gasteiger partial charge in [0.2, 0.25) is 11.7 Å². The number of halogens is 3. The van der Waals surface area contributed by atoms with Crippen LogP contribution in [-0.4, -0.2) is 66.0 Å². The monoisotopic (exact) mass is 579 g/mol. The number of nitrogens with zero attached hydrogens (tertiary/aromatic N) is 4. The molecule has 1 aliphatic carbocycles. The number of likely N-dealkylation sites (tertiary alicyclic amines) is 1. The summed E-state index contributed by atoms with van der Waals surface area (Å²) in [6, 6.07) is 3.34. The summed E-state index contributed by atoms with van der Waals surface area (Å²) in [4.78, 5) is 22.3. The Labute approximate surface area is 236 Å². The molecular formula is C28H36F3N5O5. The zero-order valence-corrected chi connectivity index (χ0v) is 22.9. The molecule has 41 heavy (non-hydrogen) atoms. The highest BCUT2D eigenvalue weighted by Crippen LogP contribution is 2.39. The average molecular weight is 580 g/mol. The highest BCUT2D eigenvalue weighted by molar-refractivity contribution is 5.93. The van der Waals surface area contributed by atoms with Crippen LogP contribution < -0.4 is 10.5 Å². The molecule has 224 valence electrons. The number of guanidine groups is 1. The molecule has 13 heteroatoms. The third-order valence-electron chi connectivity index (χ3n) is 7.90. The Morgan fingerprint density at radius 2 is 1.98 bits per heavy atom. The Bertz CT molecular complexity index is 1210. The van der Waals surface area contributed by atoms with E-state index < -0.39 is 23.7 Å². The predicted octanol–water partition coefficient (Wildman–Crippen LogP) is 4.89. The smallest absolute Gasteiger partial charge is 0.419 e. The van der Waals surface area contributed by atoms with E-state index in [1.54, 1.807) is 4.90 Å². The number of amides is 1. The number of hydrogen-bond donors (Lipinski definition) is 1. The van der Waals surface area contributed by atoms with E-state index in [-0.39, 0.29) is 48.3 Å². The maximum Gasteiger partial charge on any atom is 0.419 e. The normalized spacial score (nSPS) is 22.4. The summed E-state index contributed by atoms with van der Waals surface area (Å²) in [5.41, 5.74) is 5.40. The molecule has 1 aromatic heterocycles. The van der Waals surface area contributed by atoms with E-state index in [1.807, 2.05) is 0 Å². The minimum Gasteiger partial charge on any atom is -0.493 e. The largest absolute Gasteiger partial charge is 0.493 e. The van der Waals surface area contributed by atoms with E-state index in [2.05, 4.69) is 15.1 Å². The minimum atomic E-state index is -4.61. The average Bonchev–Trinajstić information content (AvgIpc) is 3.74. The van der Waals surface area contributed by atoms with Crippen molar-refractivity contribution in [3.8, 4) is 17.1 Å². The molecule has 3 aliphatic rings. The fourth-order valence-corrected chi connectivity index (χ4v) is 5.67. The van der Waals surface area contributed by atoms with E-state index in [9.17, 15) is 18.0 Å². The number of hydrogen-bond acceptors (Lipinski definition) is 7. The fourth-order valence-electron chi connectivity index (χ4n) is 5.67. The summed E-state index contributed by atoms with van der Waals surface area (Å²) in [6.07, 6.45) is 3.81. The van der Waals surface area contributed by atoms with Crippen LogP contribution in [0, 0.1) is 5.92 Å². The summed E-state index contributed by atoms with van der Waals surface area (Å²) >= 11 is 0. The predicted molar refractivity (Wildman–Crippen MR) is 142 cm³/mol. The lowest BCUT2D eigenvalue weighted by atomic mass is 9.87. The number of rotatable bonds is 9. The zero-order chi connectivity index (χ0) is 28.8. The van der Waals surface area contributed by atoms with Crippen LogP contribution in [0.1, 0.15) is 75.3 Å². The lowest BCUT2D eigenvalue weighted by Crippen LogP contribution is -2.38. The molecule has 2 N–H and O–H groups in total. The van der Waals surface area contributed by atoms with Crippen LogP contribution in [0.3, 0.4) is 0 Å². The molecule has 0 spiro atoms. The molecule has 1 amide bonds. The molecule has 2 aromatic rings. The number of carbonyl (C=O) groups is 1. The number of benzene rings is 1. The Kier molecular flexibility index (Phi) is 9.43. The second-order valence-corrected chi connectivity index (χ2v) is 10.8. The Morgan fingerprint density at radius 3 is 2.73 bits per heavy atom. The molecule has 3 heterocycles. The Morgan fingerprint density at radius 1 is 1.15 bits per heavy atom. The van der Waals surface area contributed by atoms with Gasteiger partial charge in [0, 0.05) is 18.7 Å². The van der Waals surface area contributed by atoms with Gasteiger partial charge in [0.15, 0.2) is 5.96 Å². The summed E-state index contributed by atoms with van der Waals surface area (Å²) in [6.45, 7) is 1.58. The second kappa shape index (κ2) is 13.2. The fraction of sp³-hybridized carbons (Fsp3) is 0.643. The van der Waals surface area contributed by atoms with E-state index in [4.69, 9.17) is 24.5 Å². The van der Waals surface area contributed by atoms with Gasteiger partial charge in [-0.1, -0.05) is 37.3 Å². The summed E-state index contributed by atoms with van der Waals surface area (Å²) < 4.78 is 63.6. The SMILES string of the molecule is NC(=NC(=O)CO[C@H]1CCOC1)N1CCC[C@H]1c1nc(-c2ccc(OCCC3CCCCC3)c(C(F)(F)F)c2)no1. The number of carbonyl (C=O) groups excluding carboxylic acids is 1. The molecule has 0 radical (unpaired) electrons. The summed E-state index contributed by atoms with van der Waals surface area (Å²) in [5.74, 6) is -0.0260. The highest BCUT2D eigenvalue weighted by Gasteiger charge is 2.36. The first-order valence-corrected chi connectivity index (χ1v) is 14.3. The molecule has 2 aliphatic heterocycles. The van der Waals surface area contributed by atoms with E-state index in [1.165, 1.54) is 31.4 Å². The van der Waals surface area contributed by atoms with Gasteiger partial charge in [-0.2, -0.15) is 23.1 Å². The first-order chi connectivity index (χ1) is 19.8. The van der Waals surface area contributed by atoms with Crippen molar-refractivity contribution < 1.29 is 36.7 Å². The Balaban J connectivity index is 1.24. The zero-order valence-electron chi connectivity index (χ0n) is 22.9. The van der Waals surface area contributed by atoms with Gasteiger partial charge in [0.25, 0.3) is 5.91 Å². The van der Waals surface area contributed by atoms with Crippen LogP contribution in [0.4, 0.5) is 13.2 Å². The van der Waals surface area contributed by atoms with Gasteiger partial charge in [-0.15, -0.1) is 0 Å². The molecule has 3 fully saturated rings. The molecule has 0 unspecified atom stereocenters. The van der Waals surface area contributed by atoms with Crippen LogP contribution in [0.2, 0.25) is 0 Å². The van der Waals surface area contributed by atoms with Gasteiger partial charge in [-0.25, -0.2) is 0 Å². The van der Waals surface area contributed by atoms with Gasteiger partial charge in [0.1, 0.15) is 18.4 Å². The third-order valence-corrected chi connectivity index (χ3v) is 7.90. The highest BCUT2D eigenvalue weighted by atomic mass is 19.4. The van der Waals surface area contributed by atoms with Crippen LogP contribution in [0.15, 0.2) is 27.7 Å². The molecule has 2 atom stereocenters. The lowest BCUT2D eigenvalue weighted by Gasteiger charge is -2.22. The molecular weight excluding hydrogens is 543 g/mol. The second-order valence-electron chi connectivity index (χ2n) is 10.8. The number of ether oxygens (including phenoxy) is 3. The van der Waals surface area contributed by atoms with Crippen LogP contribution in [-0.2, 0) is 20.4 Å². The van der Waals surface area contributed by atoms with Gasteiger partial charge in [0.05, 0.1) is 24.9 Å². The number of aromatic nitrogens is 2.